The SMILES string of the molecule is CCCC1C2[C@H]3CC[C@@H]4[C@H](CC[C@]5(C)[C@@H](C(C)CO)CC[C@@H]45)[C@H]3CC[C@]12O. The zero-order valence-corrected chi connectivity index (χ0v) is 17.9. The summed E-state index contributed by atoms with van der Waals surface area (Å²) in [5.74, 6) is 7.02. The molecule has 0 aromatic carbocycles. The minimum atomic E-state index is -0.262. The van der Waals surface area contributed by atoms with Crippen molar-refractivity contribution in [2.24, 2.45) is 58.7 Å². The summed E-state index contributed by atoms with van der Waals surface area (Å²) < 4.78 is 0. The lowest BCUT2D eigenvalue weighted by Gasteiger charge is -2.56. The Morgan fingerprint density at radius 2 is 1.63 bits per heavy atom. The van der Waals surface area contributed by atoms with Crippen molar-refractivity contribution < 1.29 is 10.2 Å². The van der Waals surface area contributed by atoms with Gasteiger partial charge in [0.05, 0.1) is 5.60 Å². The first-order valence-corrected chi connectivity index (χ1v) is 12.3. The maximum Gasteiger partial charge on any atom is 0.0714 e. The molecule has 0 aliphatic heterocycles. The Morgan fingerprint density at radius 1 is 0.926 bits per heavy atom. The van der Waals surface area contributed by atoms with Crippen LogP contribution in [0.5, 0.6) is 0 Å². The summed E-state index contributed by atoms with van der Waals surface area (Å²) in [6.07, 6.45) is 13.3. The van der Waals surface area contributed by atoms with E-state index in [2.05, 4.69) is 20.8 Å². The van der Waals surface area contributed by atoms with E-state index in [0.717, 1.165) is 41.9 Å². The van der Waals surface area contributed by atoms with E-state index in [1.54, 1.807) is 0 Å². The Bertz CT molecular complexity index is 575. The zero-order chi connectivity index (χ0) is 19.0. The Kier molecular flexibility index (Phi) is 4.53. The van der Waals surface area contributed by atoms with Gasteiger partial charge in [-0.2, -0.15) is 0 Å². The van der Waals surface area contributed by atoms with Gasteiger partial charge in [-0.15, -0.1) is 0 Å². The number of hydrogen-bond acceptors (Lipinski definition) is 2. The molecular formula is C25H42O2. The van der Waals surface area contributed by atoms with E-state index < -0.39 is 0 Å². The molecule has 2 N–H and O–H groups in total. The van der Waals surface area contributed by atoms with Crippen molar-refractivity contribution in [1.82, 2.24) is 0 Å². The molecule has 0 bridgehead atoms. The van der Waals surface area contributed by atoms with E-state index >= 15 is 0 Å². The third kappa shape index (κ3) is 2.51. The fraction of sp³-hybridized carbons (Fsp3) is 1.00. The molecule has 2 heteroatoms. The van der Waals surface area contributed by atoms with Gasteiger partial charge in [0.15, 0.2) is 0 Å². The molecule has 0 aromatic rings. The van der Waals surface area contributed by atoms with Gasteiger partial charge in [0, 0.05) is 6.61 Å². The molecule has 0 heterocycles. The molecule has 5 fully saturated rings. The van der Waals surface area contributed by atoms with E-state index in [0.29, 0.717) is 29.8 Å². The Morgan fingerprint density at radius 3 is 2.37 bits per heavy atom. The summed E-state index contributed by atoms with van der Waals surface area (Å²) in [7, 11) is 0. The van der Waals surface area contributed by atoms with Crippen molar-refractivity contribution in [3.63, 3.8) is 0 Å². The fourth-order valence-electron chi connectivity index (χ4n) is 9.85. The van der Waals surface area contributed by atoms with Crippen LogP contribution in [0.25, 0.3) is 0 Å². The van der Waals surface area contributed by atoms with Crippen LogP contribution in [0.15, 0.2) is 0 Å². The van der Waals surface area contributed by atoms with Crippen molar-refractivity contribution in [3.05, 3.63) is 0 Å². The second-order valence-corrected chi connectivity index (χ2v) is 11.7. The molecule has 0 radical (unpaired) electrons. The lowest BCUT2D eigenvalue weighted by molar-refractivity contribution is -0.0857. The Hall–Kier alpha value is -0.0800. The summed E-state index contributed by atoms with van der Waals surface area (Å²) in [6, 6.07) is 0. The molecule has 0 aromatic heterocycles. The number of aliphatic hydroxyl groups is 2. The maximum absolute atomic E-state index is 11.2. The molecule has 11 atom stereocenters. The predicted molar refractivity (Wildman–Crippen MR) is 109 cm³/mol. The lowest BCUT2D eigenvalue weighted by Crippen LogP contribution is -2.50. The van der Waals surface area contributed by atoms with E-state index in [-0.39, 0.29) is 5.60 Å². The van der Waals surface area contributed by atoms with Crippen molar-refractivity contribution >= 4 is 0 Å². The molecule has 3 unspecified atom stereocenters. The molecule has 5 rings (SSSR count). The molecule has 0 amide bonds. The first-order valence-electron chi connectivity index (χ1n) is 12.3. The van der Waals surface area contributed by atoms with Gasteiger partial charge in [0.1, 0.15) is 0 Å². The second-order valence-electron chi connectivity index (χ2n) is 11.7. The summed E-state index contributed by atoms with van der Waals surface area (Å²) >= 11 is 0. The second kappa shape index (κ2) is 6.46. The highest BCUT2D eigenvalue weighted by molar-refractivity contribution is 5.19. The average Bonchev–Trinajstić information content (AvgIpc) is 3.09. The van der Waals surface area contributed by atoms with Gasteiger partial charge in [-0.25, -0.2) is 0 Å². The van der Waals surface area contributed by atoms with E-state index in [1.807, 2.05) is 0 Å². The predicted octanol–water partition coefficient (Wildman–Crippen LogP) is 5.27. The zero-order valence-electron chi connectivity index (χ0n) is 17.9. The smallest absolute Gasteiger partial charge is 0.0714 e. The number of rotatable bonds is 4. The molecule has 0 saturated heterocycles. The average molecular weight is 375 g/mol. The summed E-state index contributed by atoms with van der Waals surface area (Å²) in [5, 5.41) is 21.0. The quantitative estimate of drug-likeness (QED) is 0.703. The third-order valence-electron chi connectivity index (χ3n) is 11.0. The van der Waals surface area contributed by atoms with Crippen LogP contribution in [-0.4, -0.2) is 22.4 Å². The van der Waals surface area contributed by atoms with Gasteiger partial charge in [-0.05, 0) is 116 Å². The molecule has 2 nitrogen and oxygen atoms in total. The van der Waals surface area contributed by atoms with Crippen LogP contribution in [0.4, 0.5) is 0 Å². The van der Waals surface area contributed by atoms with Crippen molar-refractivity contribution in [2.45, 2.75) is 90.6 Å². The highest BCUT2D eigenvalue weighted by Gasteiger charge is 2.70. The van der Waals surface area contributed by atoms with Crippen LogP contribution in [-0.2, 0) is 0 Å². The summed E-state index contributed by atoms with van der Waals surface area (Å²) in [4.78, 5) is 0. The number of fused-ring (bicyclic) bond motifs is 7. The Labute approximate surface area is 166 Å². The molecule has 154 valence electrons. The topological polar surface area (TPSA) is 40.5 Å². The van der Waals surface area contributed by atoms with Crippen LogP contribution >= 0.6 is 0 Å². The molecule has 5 aliphatic carbocycles. The third-order valence-corrected chi connectivity index (χ3v) is 11.0. The van der Waals surface area contributed by atoms with Crippen LogP contribution < -0.4 is 0 Å². The van der Waals surface area contributed by atoms with E-state index in [1.165, 1.54) is 57.8 Å². The van der Waals surface area contributed by atoms with Gasteiger partial charge < -0.3 is 10.2 Å². The minimum Gasteiger partial charge on any atom is -0.396 e. The highest BCUT2D eigenvalue weighted by Crippen LogP contribution is 2.71. The minimum absolute atomic E-state index is 0.262. The Balaban J connectivity index is 1.35. The first-order chi connectivity index (χ1) is 13.0. The number of aliphatic hydroxyl groups excluding tert-OH is 1. The van der Waals surface area contributed by atoms with Crippen LogP contribution in [0, 0.1) is 58.7 Å². The van der Waals surface area contributed by atoms with Gasteiger partial charge in [0.2, 0.25) is 0 Å². The van der Waals surface area contributed by atoms with E-state index in [4.69, 9.17) is 0 Å². The van der Waals surface area contributed by atoms with Crippen molar-refractivity contribution in [2.75, 3.05) is 6.61 Å². The van der Waals surface area contributed by atoms with Gasteiger partial charge in [-0.3, -0.25) is 0 Å². The molecule has 27 heavy (non-hydrogen) atoms. The summed E-state index contributed by atoms with van der Waals surface area (Å²) in [5.41, 5.74) is 0.220. The van der Waals surface area contributed by atoms with Gasteiger partial charge >= 0.3 is 0 Å². The normalized spacial score (nSPS) is 57.2. The largest absolute Gasteiger partial charge is 0.396 e. The standard InChI is InChI=1S/C25H42O2/c1-4-5-22-23-19-7-6-18-16(17(19)11-13-25(22,23)27)10-12-24(3)20(15(2)14-26)8-9-21(18)24/h15-23,26-27H,4-14H2,1-3H3/t15?,16-,17-,18-,19+,20-,21+,22?,23?,24-,25+/m1/s1. The highest BCUT2D eigenvalue weighted by atomic mass is 16.3. The van der Waals surface area contributed by atoms with E-state index in [9.17, 15) is 10.2 Å². The van der Waals surface area contributed by atoms with Gasteiger partial charge in [-0.1, -0.05) is 27.2 Å². The van der Waals surface area contributed by atoms with Crippen molar-refractivity contribution in [3.8, 4) is 0 Å². The molecule has 5 saturated carbocycles. The monoisotopic (exact) mass is 374 g/mol. The fourth-order valence-corrected chi connectivity index (χ4v) is 9.85. The van der Waals surface area contributed by atoms with Crippen LogP contribution in [0.1, 0.15) is 85.0 Å². The maximum atomic E-state index is 11.2. The molecule has 0 spiro atoms. The van der Waals surface area contributed by atoms with Crippen LogP contribution in [0.2, 0.25) is 0 Å². The first kappa shape index (κ1) is 18.9. The lowest BCUT2D eigenvalue weighted by atomic mass is 9.49. The number of hydrogen-bond donors (Lipinski definition) is 2. The van der Waals surface area contributed by atoms with Crippen LogP contribution in [0.3, 0.4) is 0 Å². The summed E-state index contributed by atoms with van der Waals surface area (Å²) in [6.45, 7) is 7.52. The van der Waals surface area contributed by atoms with Crippen molar-refractivity contribution in [1.29, 1.82) is 0 Å². The molecular weight excluding hydrogens is 332 g/mol. The molecule has 5 aliphatic rings. The van der Waals surface area contributed by atoms with Gasteiger partial charge in [0.25, 0.3) is 0 Å².